The van der Waals surface area contributed by atoms with E-state index in [2.05, 4.69) is 4.74 Å². The lowest BCUT2D eigenvalue weighted by molar-refractivity contribution is 0.0731. The molecule has 0 bridgehead atoms. The summed E-state index contributed by atoms with van der Waals surface area (Å²) in [6.07, 6.45) is -0.819. The number of benzene rings is 2. The van der Waals surface area contributed by atoms with Crippen LogP contribution in [-0.2, 0) is 4.74 Å². The summed E-state index contributed by atoms with van der Waals surface area (Å²) in [5.74, 6) is 0.295. The highest BCUT2D eigenvalue weighted by Gasteiger charge is 2.14. The van der Waals surface area contributed by atoms with Gasteiger partial charge in [-0.3, -0.25) is 0 Å². The normalized spacial score (nSPS) is 9.83. The van der Waals surface area contributed by atoms with Crippen molar-refractivity contribution in [3.05, 3.63) is 54.1 Å². The Balaban J connectivity index is 2.11. The third-order valence-corrected chi connectivity index (χ3v) is 2.81. The van der Waals surface area contributed by atoms with Crippen molar-refractivity contribution in [3.63, 3.8) is 0 Å². The van der Waals surface area contributed by atoms with E-state index < -0.39 is 12.1 Å². The molecule has 23 heavy (non-hydrogen) atoms. The number of rotatable bonds is 5. The molecule has 2 rings (SSSR count). The largest absolute Gasteiger partial charge is 0.513 e. The summed E-state index contributed by atoms with van der Waals surface area (Å²) in [5.41, 5.74) is 0.298. The second-order valence-corrected chi connectivity index (χ2v) is 4.35. The summed E-state index contributed by atoms with van der Waals surface area (Å²) >= 11 is 0. The molecule has 0 spiro atoms. The number of para-hydroxylation sites is 1. The molecule has 0 amide bonds. The van der Waals surface area contributed by atoms with E-state index in [0.29, 0.717) is 11.3 Å². The summed E-state index contributed by atoms with van der Waals surface area (Å²) in [4.78, 5) is 23.5. The molecule has 2 aromatic rings. The molecule has 120 valence electrons. The van der Waals surface area contributed by atoms with Crippen LogP contribution in [0.1, 0.15) is 17.3 Å². The first-order valence-electron chi connectivity index (χ1n) is 6.94. The van der Waals surface area contributed by atoms with Crippen molar-refractivity contribution in [3.8, 4) is 17.2 Å². The molecular formula is C17H16O6. The van der Waals surface area contributed by atoms with E-state index in [1.165, 1.54) is 13.2 Å². The zero-order chi connectivity index (χ0) is 16.7. The van der Waals surface area contributed by atoms with E-state index in [0.717, 1.165) is 0 Å². The van der Waals surface area contributed by atoms with Gasteiger partial charge in [0.25, 0.3) is 0 Å². The topological polar surface area (TPSA) is 71.1 Å². The monoisotopic (exact) mass is 316 g/mol. The van der Waals surface area contributed by atoms with Crippen molar-refractivity contribution in [2.75, 3.05) is 13.7 Å². The molecule has 0 saturated carbocycles. The van der Waals surface area contributed by atoms with Gasteiger partial charge < -0.3 is 18.9 Å². The Hall–Kier alpha value is -3.02. The molecule has 0 aliphatic heterocycles. The molecule has 0 aromatic heterocycles. The summed E-state index contributed by atoms with van der Waals surface area (Å²) in [6.45, 7) is 1.88. The zero-order valence-electron chi connectivity index (χ0n) is 12.8. The number of carbonyl (C=O) groups excluding carboxylic acids is 2. The van der Waals surface area contributed by atoms with Gasteiger partial charge in [0, 0.05) is 6.07 Å². The Morgan fingerprint density at radius 1 is 0.957 bits per heavy atom. The van der Waals surface area contributed by atoms with Gasteiger partial charge in [-0.1, -0.05) is 18.2 Å². The number of methoxy groups -OCH3 is 1. The van der Waals surface area contributed by atoms with Gasteiger partial charge in [0.1, 0.15) is 22.8 Å². The van der Waals surface area contributed by atoms with Gasteiger partial charge in [0.05, 0.1) is 13.7 Å². The molecule has 6 heteroatoms. The summed E-state index contributed by atoms with van der Waals surface area (Å²) in [5, 5.41) is 0. The lowest BCUT2D eigenvalue weighted by Crippen LogP contribution is -2.11. The van der Waals surface area contributed by atoms with Crippen molar-refractivity contribution in [1.29, 1.82) is 0 Å². The van der Waals surface area contributed by atoms with E-state index in [9.17, 15) is 9.59 Å². The maximum Gasteiger partial charge on any atom is 0.513 e. The molecular weight excluding hydrogens is 300 g/mol. The zero-order valence-corrected chi connectivity index (χ0v) is 12.8. The highest BCUT2D eigenvalue weighted by atomic mass is 16.7. The Labute approximate surface area is 133 Å². The minimum absolute atomic E-state index is 0.210. The van der Waals surface area contributed by atoms with Gasteiger partial charge >= 0.3 is 12.1 Å². The quantitative estimate of drug-likeness (QED) is 0.478. The molecule has 0 atom stereocenters. The minimum Gasteiger partial charge on any atom is -0.496 e. The van der Waals surface area contributed by atoms with Gasteiger partial charge in [0.2, 0.25) is 0 Å². The van der Waals surface area contributed by atoms with Crippen LogP contribution in [0.5, 0.6) is 17.2 Å². The Morgan fingerprint density at radius 2 is 1.65 bits per heavy atom. The average molecular weight is 316 g/mol. The number of esters is 1. The first-order chi connectivity index (χ1) is 11.1. The molecule has 0 N–H and O–H groups in total. The number of hydrogen-bond donors (Lipinski definition) is 0. The molecule has 0 aliphatic rings. The third kappa shape index (κ3) is 4.47. The highest BCUT2D eigenvalue weighted by molar-refractivity contribution is 5.94. The molecule has 0 saturated heterocycles. The van der Waals surface area contributed by atoms with Crippen LogP contribution in [0.15, 0.2) is 48.5 Å². The Kier molecular flexibility index (Phi) is 5.57. The Bertz CT molecular complexity index is 695. The van der Waals surface area contributed by atoms with Crippen molar-refractivity contribution in [1.82, 2.24) is 0 Å². The molecule has 0 unspecified atom stereocenters. The van der Waals surface area contributed by atoms with Gasteiger partial charge in [0.15, 0.2) is 0 Å². The van der Waals surface area contributed by atoms with Crippen LogP contribution in [0, 0.1) is 0 Å². The summed E-state index contributed by atoms with van der Waals surface area (Å²) < 4.78 is 20.0. The number of carbonyl (C=O) groups is 2. The molecule has 2 aromatic carbocycles. The second-order valence-electron chi connectivity index (χ2n) is 4.35. The van der Waals surface area contributed by atoms with E-state index >= 15 is 0 Å². The molecule has 6 nitrogen and oxygen atoms in total. The molecule has 0 fully saturated rings. The van der Waals surface area contributed by atoms with Crippen LogP contribution in [0.25, 0.3) is 0 Å². The first-order valence-corrected chi connectivity index (χ1v) is 6.94. The SMILES string of the molecule is CCOC(=O)Oc1cccc(OC(=O)c2ccccc2OC)c1. The highest BCUT2D eigenvalue weighted by Crippen LogP contribution is 2.23. The lowest BCUT2D eigenvalue weighted by atomic mass is 10.2. The predicted molar refractivity (Wildman–Crippen MR) is 82.0 cm³/mol. The van der Waals surface area contributed by atoms with Gasteiger partial charge in [-0.05, 0) is 31.2 Å². The summed E-state index contributed by atoms with van der Waals surface area (Å²) in [6, 6.07) is 12.9. The minimum atomic E-state index is -0.819. The van der Waals surface area contributed by atoms with Crippen molar-refractivity contribution < 1.29 is 28.5 Å². The average Bonchev–Trinajstić information content (AvgIpc) is 2.55. The maximum atomic E-state index is 12.2. The van der Waals surface area contributed by atoms with Crippen LogP contribution in [0.3, 0.4) is 0 Å². The van der Waals surface area contributed by atoms with E-state index in [4.69, 9.17) is 14.2 Å². The van der Waals surface area contributed by atoms with Crippen LogP contribution < -0.4 is 14.2 Å². The van der Waals surface area contributed by atoms with Gasteiger partial charge in [-0.2, -0.15) is 0 Å². The van der Waals surface area contributed by atoms with Crippen LogP contribution in [0.4, 0.5) is 4.79 Å². The van der Waals surface area contributed by atoms with E-state index in [-0.39, 0.29) is 18.1 Å². The van der Waals surface area contributed by atoms with Crippen molar-refractivity contribution >= 4 is 12.1 Å². The smallest absolute Gasteiger partial charge is 0.496 e. The van der Waals surface area contributed by atoms with Crippen LogP contribution in [-0.4, -0.2) is 25.8 Å². The second kappa shape index (κ2) is 7.84. The standard InChI is InChI=1S/C17H16O6/c1-3-21-17(19)23-13-8-6-7-12(11-13)22-16(18)14-9-4-5-10-15(14)20-2/h4-11H,3H2,1-2H3. The van der Waals surface area contributed by atoms with Crippen molar-refractivity contribution in [2.24, 2.45) is 0 Å². The number of ether oxygens (including phenoxy) is 4. The van der Waals surface area contributed by atoms with Gasteiger partial charge in [-0.25, -0.2) is 9.59 Å². The molecule has 0 heterocycles. The van der Waals surface area contributed by atoms with Gasteiger partial charge in [-0.15, -0.1) is 0 Å². The fourth-order valence-electron chi connectivity index (χ4n) is 1.82. The van der Waals surface area contributed by atoms with E-state index in [1.54, 1.807) is 49.4 Å². The lowest BCUT2D eigenvalue weighted by Gasteiger charge is -2.09. The molecule has 0 radical (unpaired) electrons. The Morgan fingerprint density at radius 3 is 2.35 bits per heavy atom. The summed E-state index contributed by atoms with van der Waals surface area (Å²) in [7, 11) is 1.47. The maximum absolute atomic E-state index is 12.2. The van der Waals surface area contributed by atoms with Crippen LogP contribution >= 0.6 is 0 Å². The predicted octanol–water partition coefficient (Wildman–Crippen LogP) is 3.45. The third-order valence-electron chi connectivity index (χ3n) is 2.81. The fraction of sp³-hybridized carbons (Fsp3) is 0.176. The van der Waals surface area contributed by atoms with Crippen LogP contribution in [0.2, 0.25) is 0 Å². The fourth-order valence-corrected chi connectivity index (χ4v) is 1.82. The van der Waals surface area contributed by atoms with Crippen molar-refractivity contribution in [2.45, 2.75) is 6.92 Å². The molecule has 0 aliphatic carbocycles. The number of hydrogen-bond acceptors (Lipinski definition) is 6. The first kappa shape index (κ1) is 16.4. The van der Waals surface area contributed by atoms with E-state index in [1.807, 2.05) is 0 Å².